The van der Waals surface area contributed by atoms with Crippen LogP contribution in [0.5, 0.6) is 5.75 Å². The lowest BCUT2D eigenvalue weighted by Crippen LogP contribution is -2.29. The Morgan fingerprint density at radius 2 is 1.76 bits per heavy atom. The molecule has 33 heavy (non-hydrogen) atoms. The van der Waals surface area contributed by atoms with Crippen LogP contribution < -0.4 is 5.32 Å². The first kappa shape index (κ1) is 25.1. The molecule has 178 valence electrons. The van der Waals surface area contributed by atoms with E-state index in [1.165, 1.54) is 19.3 Å². The zero-order valence-electron chi connectivity index (χ0n) is 19.8. The van der Waals surface area contributed by atoms with Gasteiger partial charge >= 0.3 is 0 Å². The molecule has 2 heterocycles. The van der Waals surface area contributed by atoms with Gasteiger partial charge in [-0.05, 0) is 63.5 Å². The molecule has 6 heteroatoms. The van der Waals surface area contributed by atoms with E-state index in [1.807, 2.05) is 31.2 Å². The fraction of sp³-hybridized carbons (Fsp3) is 0.444. The molecule has 0 spiro atoms. The fourth-order valence-electron chi connectivity index (χ4n) is 4.92. The van der Waals surface area contributed by atoms with Gasteiger partial charge < -0.3 is 15.0 Å². The summed E-state index contributed by atoms with van der Waals surface area (Å²) in [6.07, 6.45) is 6.84. The fourth-order valence-corrected chi connectivity index (χ4v) is 4.92. The lowest BCUT2D eigenvalue weighted by atomic mass is 10.0. The molecule has 0 unspecified atom stereocenters. The predicted molar refractivity (Wildman–Crippen MR) is 138 cm³/mol. The SMILES string of the molecule is CCCCCNC(=O)c1c(C)n(-c2ccccc2)c2ccc(O)c(CN3CCCCC3)c12.Cl. The molecule has 0 radical (unpaired) electrons. The summed E-state index contributed by atoms with van der Waals surface area (Å²) in [4.78, 5) is 15.8. The zero-order chi connectivity index (χ0) is 22.5. The number of fused-ring (bicyclic) bond motifs is 1. The molecule has 1 saturated heterocycles. The third-order valence-electron chi connectivity index (χ3n) is 6.59. The lowest BCUT2D eigenvalue weighted by molar-refractivity contribution is 0.0954. The summed E-state index contributed by atoms with van der Waals surface area (Å²) >= 11 is 0. The number of piperidine rings is 1. The number of benzene rings is 2. The Bertz CT molecular complexity index is 1070. The van der Waals surface area contributed by atoms with Crippen molar-refractivity contribution < 1.29 is 9.90 Å². The molecular weight excluding hydrogens is 434 g/mol. The molecule has 1 fully saturated rings. The predicted octanol–water partition coefficient (Wildman–Crippen LogP) is 5.97. The summed E-state index contributed by atoms with van der Waals surface area (Å²) in [5.41, 5.74) is 4.45. The van der Waals surface area contributed by atoms with Crippen LogP contribution in [0.25, 0.3) is 16.6 Å². The number of amides is 1. The first-order valence-electron chi connectivity index (χ1n) is 12.0. The highest BCUT2D eigenvalue weighted by atomic mass is 35.5. The van der Waals surface area contributed by atoms with Gasteiger partial charge in [0.15, 0.2) is 0 Å². The van der Waals surface area contributed by atoms with Gasteiger partial charge in [0.2, 0.25) is 0 Å². The lowest BCUT2D eigenvalue weighted by Gasteiger charge is -2.27. The van der Waals surface area contributed by atoms with Gasteiger partial charge in [-0.3, -0.25) is 9.69 Å². The van der Waals surface area contributed by atoms with Crippen molar-refractivity contribution in [2.75, 3.05) is 19.6 Å². The maximum atomic E-state index is 13.4. The minimum Gasteiger partial charge on any atom is -0.508 e. The minimum atomic E-state index is -0.0521. The molecule has 0 bridgehead atoms. The molecule has 1 amide bonds. The second-order valence-corrected chi connectivity index (χ2v) is 8.89. The van der Waals surface area contributed by atoms with Crippen LogP contribution in [-0.4, -0.2) is 40.1 Å². The molecular formula is C27H36ClN3O2. The van der Waals surface area contributed by atoms with Crippen molar-refractivity contribution in [3.05, 3.63) is 59.3 Å². The molecule has 2 aromatic carbocycles. The van der Waals surface area contributed by atoms with Crippen molar-refractivity contribution in [3.8, 4) is 11.4 Å². The average molecular weight is 470 g/mol. The van der Waals surface area contributed by atoms with Gasteiger partial charge in [-0.25, -0.2) is 0 Å². The van der Waals surface area contributed by atoms with Crippen molar-refractivity contribution in [3.63, 3.8) is 0 Å². The molecule has 0 saturated carbocycles. The van der Waals surface area contributed by atoms with Crippen molar-refractivity contribution in [2.24, 2.45) is 0 Å². The second-order valence-electron chi connectivity index (χ2n) is 8.89. The Hall–Kier alpha value is -2.50. The van der Waals surface area contributed by atoms with E-state index in [-0.39, 0.29) is 24.1 Å². The highest BCUT2D eigenvalue weighted by Gasteiger charge is 2.25. The number of para-hydroxylation sites is 1. The second kappa shape index (κ2) is 11.6. The van der Waals surface area contributed by atoms with Gasteiger partial charge in [-0.2, -0.15) is 0 Å². The number of halogens is 1. The molecule has 3 aromatic rings. The van der Waals surface area contributed by atoms with E-state index >= 15 is 0 Å². The van der Waals surface area contributed by atoms with Crippen molar-refractivity contribution in [1.29, 1.82) is 0 Å². The largest absolute Gasteiger partial charge is 0.508 e. The summed E-state index contributed by atoms with van der Waals surface area (Å²) in [6.45, 7) is 7.58. The van der Waals surface area contributed by atoms with Crippen LogP contribution in [0, 0.1) is 6.92 Å². The highest BCUT2D eigenvalue weighted by molar-refractivity contribution is 6.10. The Balaban J connectivity index is 0.00000306. The summed E-state index contributed by atoms with van der Waals surface area (Å²) < 4.78 is 2.15. The van der Waals surface area contributed by atoms with E-state index in [0.717, 1.165) is 60.2 Å². The number of nitrogens with one attached hydrogen (secondary N) is 1. The van der Waals surface area contributed by atoms with Gasteiger partial charge in [-0.15, -0.1) is 12.4 Å². The number of likely N-dealkylation sites (tertiary alicyclic amines) is 1. The third-order valence-corrected chi connectivity index (χ3v) is 6.59. The number of unbranched alkanes of at least 4 members (excludes halogenated alkanes) is 2. The highest BCUT2D eigenvalue weighted by Crippen LogP contribution is 2.37. The zero-order valence-corrected chi connectivity index (χ0v) is 20.6. The molecule has 0 atom stereocenters. The smallest absolute Gasteiger partial charge is 0.253 e. The van der Waals surface area contributed by atoms with E-state index in [2.05, 4.69) is 33.8 Å². The number of aromatic nitrogens is 1. The van der Waals surface area contributed by atoms with Crippen LogP contribution in [-0.2, 0) is 6.54 Å². The molecule has 1 aliphatic heterocycles. The number of nitrogens with zero attached hydrogens (tertiary/aromatic N) is 2. The maximum absolute atomic E-state index is 13.4. The Morgan fingerprint density at radius 3 is 2.45 bits per heavy atom. The standard InChI is InChI=1S/C27H35N3O2.ClH/c1-3-4-9-16-28-27(32)25-20(2)30(21-12-7-5-8-13-21)23-14-15-24(31)22(26(23)25)19-29-17-10-6-11-18-29;/h5,7-8,12-15,31H,3-4,6,9-11,16-19H2,1-2H3,(H,28,32);1H. The maximum Gasteiger partial charge on any atom is 0.253 e. The van der Waals surface area contributed by atoms with Gasteiger partial charge in [0.05, 0.1) is 11.1 Å². The van der Waals surface area contributed by atoms with Crippen molar-refractivity contribution in [1.82, 2.24) is 14.8 Å². The first-order valence-corrected chi connectivity index (χ1v) is 12.0. The van der Waals surface area contributed by atoms with Crippen molar-refractivity contribution in [2.45, 2.75) is 58.9 Å². The topological polar surface area (TPSA) is 57.5 Å². The van der Waals surface area contributed by atoms with E-state index in [4.69, 9.17) is 0 Å². The molecule has 1 aliphatic rings. The van der Waals surface area contributed by atoms with Gasteiger partial charge in [0.25, 0.3) is 5.91 Å². The molecule has 1 aromatic heterocycles. The van der Waals surface area contributed by atoms with Crippen molar-refractivity contribution >= 4 is 29.2 Å². The van der Waals surface area contributed by atoms with E-state index < -0.39 is 0 Å². The first-order chi connectivity index (χ1) is 15.6. The van der Waals surface area contributed by atoms with Crippen LogP contribution in [0.3, 0.4) is 0 Å². The number of aromatic hydroxyl groups is 1. The van der Waals surface area contributed by atoms with E-state index in [1.54, 1.807) is 6.07 Å². The van der Waals surface area contributed by atoms with Gasteiger partial charge in [0.1, 0.15) is 5.75 Å². The summed E-state index contributed by atoms with van der Waals surface area (Å²) in [6, 6.07) is 13.9. The number of carbonyl (C=O) groups excluding carboxylic acids is 1. The Kier molecular flexibility index (Phi) is 8.81. The number of hydrogen-bond acceptors (Lipinski definition) is 3. The van der Waals surface area contributed by atoms with E-state index in [0.29, 0.717) is 18.7 Å². The minimum absolute atomic E-state index is 0. The van der Waals surface area contributed by atoms with Crippen LogP contribution in [0.4, 0.5) is 0 Å². The summed E-state index contributed by atoms with van der Waals surface area (Å²) in [5.74, 6) is 0.220. The number of carbonyl (C=O) groups is 1. The molecule has 2 N–H and O–H groups in total. The van der Waals surface area contributed by atoms with E-state index in [9.17, 15) is 9.90 Å². The Morgan fingerprint density at radius 1 is 1.03 bits per heavy atom. The number of phenolic OH excluding ortho intramolecular Hbond substituents is 1. The van der Waals surface area contributed by atoms with Gasteiger partial charge in [0, 0.05) is 35.4 Å². The number of rotatable bonds is 8. The normalized spacial score (nSPS) is 14.2. The summed E-state index contributed by atoms with van der Waals surface area (Å²) in [5, 5.41) is 14.9. The number of phenols is 1. The Labute approximate surface area is 203 Å². The monoisotopic (exact) mass is 469 g/mol. The molecule has 0 aliphatic carbocycles. The van der Waals surface area contributed by atoms with Crippen LogP contribution in [0.15, 0.2) is 42.5 Å². The van der Waals surface area contributed by atoms with Crippen LogP contribution in [0.1, 0.15) is 67.1 Å². The van der Waals surface area contributed by atoms with Crippen LogP contribution >= 0.6 is 12.4 Å². The molecule has 5 nitrogen and oxygen atoms in total. The van der Waals surface area contributed by atoms with Crippen LogP contribution in [0.2, 0.25) is 0 Å². The average Bonchev–Trinajstić information content (AvgIpc) is 3.12. The quantitative estimate of drug-likeness (QED) is 0.399. The van der Waals surface area contributed by atoms with Gasteiger partial charge in [-0.1, -0.05) is 44.4 Å². The molecule has 4 rings (SSSR count). The number of hydrogen-bond donors (Lipinski definition) is 2. The summed E-state index contributed by atoms with van der Waals surface area (Å²) in [7, 11) is 0. The third kappa shape index (κ3) is 5.36.